The van der Waals surface area contributed by atoms with Crippen molar-refractivity contribution in [3.63, 3.8) is 0 Å². The van der Waals surface area contributed by atoms with Crippen LogP contribution in [0, 0.1) is 0 Å². The van der Waals surface area contributed by atoms with Crippen LogP contribution in [0.5, 0.6) is 0 Å². The van der Waals surface area contributed by atoms with Gasteiger partial charge in [-0.2, -0.15) is 5.43 Å². The monoisotopic (exact) mass is 283 g/mol. The molecule has 116 valence electrons. The first-order valence-electron chi connectivity index (χ1n) is 7.35. The van der Waals surface area contributed by atoms with Crippen molar-refractivity contribution >= 4 is 5.88 Å². The van der Waals surface area contributed by atoms with Crippen LogP contribution < -0.4 is 10.2 Å². The first-order valence-corrected chi connectivity index (χ1v) is 7.35. The smallest absolute Gasteiger partial charge is 0.256 e. The van der Waals surface area contributed by atoms with Gasteiger partial charge >= 0.3 is 0 Å². The largest absolute Gasteiger partial charge is 0.660 e. The van der Waals surface area contributed by atoms with Crippen molar-refractivity contribution < 1.29 is 9.31 Å². The molecule has 6 nitrogen and oxygen atoms in total. The van der Waals surface area contributed by atoms with Gasteiger partial charge in [-0.15, -0.1) is 0 Å². The Morgan fingerprint density at radius 3 is 2.40 bits per heavy atom. The van der Waals surface area contributed by atoms with E-state index in [9.17, 15) is 0 Å². The molecule has 0 aliphatic carbocycles. The molecule has 0 saturated carbocycles. The summed E-state index contributed by atoms with van der Waals surface area (Å²) in [5.41, 5.74) is 10.5. The molecule has 1 aromatic heterocycles. The molecule has 1 rings (SSSR count). The molecular weight excluding hydrogens is 254 g/mol. The summed E-state index contributed by atoms with van der Waals surface area (Å²) in [6.07, 6.45) is 3.66. The van der Waals surface area contributed by atoms with E-state index in [-0.39, 0.29) is 11.4 Å². The Morgan fingerprint density at radius 2 is 1.95 bits per heavy atom. The second-order valence-electron chi connectivity index (χ2n) is 6.54. The summed E-state index contributed by atoms with van der Waals surface area (Å²) in [6.45, 7) is 14.3. The van der Waals surface area contributed by atoms with Crippen LogP contribution in [0.4, 0.5) is 5.88 Å². The van der Waals surface area contributed by atoms with Gasteiger partial charge in [-0.25, -0.2) is 0 Å². The van der Waals surface area contributed by atoms with Gasteiger partial charge in [0.25, 0.3) is 6.20 Å². The Bertz CT molecular complexity index is 392. The van der Waals surface area contributed by atoms with E-state index in [0.717, 1.165) is 19.4 Å². The van der Waals surface area contributed by atoms with Gasteiger partial charge in [0, 0.05) is 12.1 Å². The zero-order valence-corrected chi connectivity index (χ0v) is 13.6. The summed E-state index contributed by atoms with van der Waals surface area (Å²) in [7, 11) is 0. The van der Waals surface area contributed by atoms with Crippen LogP contribution in [0.3, 0.4) is 0 Å². The Balaban J connectivity index is 2.42. The maximum absolute atomic E-state index is 7.32. The van der Waals surface area contributed by atoms with Crippen molar-refractivity contribution in [1.82, 2.24) is 10.2 Å². The number of nitrogens with zero attached hydrogens (tertiary/aromatic N) is 3. The lowest BCUT2D eigenvalue weighted by atomic mass is 9.99. The molecule has 0 radical (unpaired) electrons. The molecule has 6 heteroatoms. The molecule has 0 bridgehead atoms. The highest BCUT2D eigenvalue weighted by molar-refractivity contribution is 5.19. The number of nitrogens with one attached hydrogen (secondary N) is 2. The third kappa shape index (κ3) is 5.36. The third-order valence-electron chi connectivity index (χ3n) is 3.43. The highest BCUT2D eigenvalue weighted by Gasteiger charge is 2.24. The minimum atomic E-state index is -0.0897. The normalized spacial score (nSPS) is 12.7. The van der Waals surface area contributed by atoms with E-state index in [1.807, 2.05) is 0 Å². The first-order chi connectivity index (χ1) is 9.21. The molecule has 0 amide bonds. The van der Waals surface area contributed by atoms with E-state index in [4.69, 9.17) is 10.3 Å². The average Bonchev–Trinajstić information content (AvgIpc) is 2.68. The standard InChI is InChI=1S/C14H29N5O/c1-11(2)18(12(3)4)9-7-8-14(5,6)16-19-10-13(15)20-17-19/h10-12,15H,7-9H2,1-6H3,(H,16,17). The lowest BCUT2D eigenvalue weighted by Gasteiger charge is -2.31. The highest BCUT2D eigenvalue weighted by Crippen LogP contribution is 2.14. The fraction of sp³-hybridized carbons (Fsp3) is 0.857. The molecule has 0 unspecified atom stereocenters. The molecule has 0 spiro atoms. The van der Waals surface area contributed by atoms with E-state index in [1.165, 1.54) is 11.0 Å². The van der Waals surface area contributed by atoms with Crippen molar-refractivity contribution in [3.8, 4) is 0 Å². The molecule has 20 heavy (non-hydrogen) atoms. The molecule has 1 aromatic rings. The van der Waals surface area contributed by atoms with Crippen molar-refractivity contribution in [2.45, 2.75) is 72.0 Å². The fourth-order valence-electron chi connectivity index (χ4n) is 2.48. The minimum absolute atomic E-state index is 0.0547. The topological polar surface area (TPSA) is 69.0 Å². The Labute approximate surface area is 122 Å². The van der Waals surface area contributed by atoms with Gasteiger partial charge in [0.2, 0.25) is 5.27 Å². The van der Waals surface area contributed by atoms with E-state index >= 15 is 0 Å². The van der Waals surface area contributed by atoms with Gasteiger partial charge in [-0.1, -0.05) is 0 Å². The summed E-state index contributed by atoms with van der Waals surface area (Å²) in [5, 5.41) is 3.73. The summed E-state index contributed by atoms with van der Waals surface area (Å²) >= 11 is 0. The summed E-state index contributed by atoms with van der Waals surface area (Å²) < 4.78 is 4.72. The van der Waals surface area contributed by atoms with Crippen LogP contribution in [0.1, 0.15) is 54.4 Å². The van der Waals surface area contributed by atoms with Crippen molar-refractivity contribution in [1.29, 1.82) is 0 Å². The quantitative estimate of drug-likeness (QED) is 0.745. The summed E-state index contributed by atoms with van der Waals surface area (Å²) in [4.78, 5) is 3.98. The maximum Gasteiger partial charge on any atom is 0.256 e. The van der Waals surface area contributed by atoms with Crippen molar-refractivity contribution in [2.75, 3.05) is 12.0 Å². The maximum atomic E-state index is 7.32. The second kappa shape index (κ2) is 6.92. The number of rotatable bonds is 8. The van der Waals surface area contributed by atoms with E-state index in [1.54, 1.807) is 0 Å². The number of hydrogen-bond donors (Lipinski definition) is 1. The third-order valence-corrected chi connectivity index (χ3v) is 3.43. The predicted molar refractivity (Wildman–Crippen MR) is 80.3 cm³/mol. The predicted octanol–water partition coefficient (Wildman–Crippen LogP) is 2.87. The van der Waals surface area contributed by atoms with Crippen LogP contribution in [0.15, 0.2) is 10.7 Å². The van der Waals surface area contributed by atoms with Gasteiger partial charge in [-0.05, 0) is 60.9 Å². The Morgan fingerprint density at radius 1 is 1.35 bits per heavy atom. The van der Waals surface area contributed by atoms with Gasteiger partial charge < -0.3 is 10.3 Å². The van der Waals surface area contributed by atoms with Gasteiger partial charge in [0.15, 0.2) is 0 Å². The lowest BCUT2D eigenvalue weighted by Crippen LogP contribution is -2.56. The van der Waals surface area contributed by atoms with E-state index in [2.05, 4.69) is 57.1 Å². The summed E-state index contributed by atoms with van der Waals surface area (Å²) in [5.74, 6) is 0.0547. The minimum Gasteiger partial charge on any atom is -0.660 e. The molecule has 2 N–H and O–H groups in total. The lowest BCUT2D eigenvalue weighted by molar-refractivity contribution is -0.725. The zero-order chi connectivity index (χ0) is 15.3. The molecular formula is C14H29N5O. The Kier molecular flexibility index (Phi) is 5.80. The second-order valence-corrected chi connectivity index (χ2v) is 6.54. The fourth-order valence-corrected chi connectivity index (χ4v) is 2.48. The van der Waals surface area contributed by atoms with Gasteiger partial charge in [0.05, 0.1) is 10.3 Å². The van der Waals surface area contributed by atoms with Gasteiger partial charge in [-0.3, -0.25) is 4.90 Å². The van der Waals surface area contributed by atoms with Crippen LogP contribution >= 0.6 is 0 Å². The zero-order valence-electron chi connectivity index (χ0n) is 13.6. The van der Waals surface area contributed by atoms with Crippen LogP contribution in [-0.4, -0.2) is 34.3 Å². The SMILES string of the molecule is CC(C)N(CCCC(C)(C)N[n+]1cc([NH-])on1)C(C)C. The van der Waals surface area contributed by atoms with E-state index in [0.29, 0.717) is 12.1 Å². The average molecular weight is 283 g/mol. The van der Waals surface area contributed by atoms with Crippen molar-refractivity contribution in [2.24, 2.45) is 0 Å². The molecule has 0 atom stereocenters. The molecule has 1 heterocycles. The van der Waals surface area contributed by atoms with Crippen LogP contribution in [0.2, 0.25) is 0 Å². The van der Waals surface area contributed by atoms with E-state index < -0.39 is 0 Å². The molecule has 0 aliphatic heterocycles. The number of aromatic nitrogens is 2. The van der Waals surface area contributed by atoms with Gasteiger partial charge in [0.1, 0.15) is 5.88 Å². The van der Waals surface area contributed by atoms with Crippen molar-refractivity contribution in [3.05, 3.63) is 11.9 Å². The van der Waals surface area contributed by atoms with Crippen LogP contribution in [-0.2, 0) is 0 Å². The Hall–Kier alpha value is -1.30. The molecule has 0 fully saturated rings. The number of hydrogen-bond acceptors (Lipinski definition) is 4. The molecule has 0 aliphatic rings. The molecule has 0 aromatic carbocycles. The van der Waals surface area contributed by atoms with Crippen LogP contribution in [0.25, 0.3) is 5.73 Å². The first kappa shape index (κ1) is 16.8. The highest BCUT2D eigenvalue weighted by atomic mass is 16.5. The molecule has 0 saturated heterocycles. The summed E-state index contributed by atoms with van der Waals surface area (Å²) in [6, 6.07) is 1.14.